The van der Waals surface area contributed by atoms with Gasteiger partial charge in [0.15, 0.2) is 0 Å². The molecule has 15 heavy (non-hydrogen) atoms. The Hall–Kier alpha value is -1.55. The van der Waals surface area contributed by atoms with E-state index in [4.69, 9.17) is 0 Å². The highest BCUT2D eigenvalue weighted by molar-refractivity contribution is 9.10. The Balaban J connectivity index is 2.37. The second-order valence-corrected chi connectivity index (χ2v) is 3.95. The Morgan fingerprint density at radius 2 is 2.07 bits per heavy atom. The van der Waals surface area contributed by atoms with Crippen LogP contribution in [0.4, 0.5) is 0 Å². The molecule has 0 atom stereocenters. The van der Waals surface area contributed by atoms with Gasteiger partial charge in [-0.2, -0.15) is 0 Å². The van der Waals surface area contributed by atoms with Crippen molar-refractivity contribution in [3.63, 3.8) is 0 Å². The summed E-state index contributed by atoms with van der Waals surface area (Å²) in [6.45, 7) is 0. The van der Waals surface area contributed by atoms with Gasteiger partial charge in [-0.1, -0.05) is 34.1 Å². The Morgan fingerprint density at radius 3 is 2.67 bits per heavy atom. The van der Waals surface area contributed by atoms with Crippen molar-refractivity contribution >= 4 is 27.9 Å². The summed E-state index contributed by atoms with van der Waals surface area (Å²) in [6.07, 6.45) is 2.86. The van der Waals surface area contributed by atoms with Crippen molar-refractivity contribution in [2.45, 2.75) is 0 Å². The van der Waals surface area contributed by atoms with Crippen LogP contribution in [0.15, 0.2) is 46.3 Å². The van der Waals surface area contributed by atoms with E-state index in [0.29, 0.717) is 5.70 Å². The largest absolute Gasteiger partial charge is 0.506 e. The number of carbonyl (C=O) groups excluding carboxylic acids is 1. The molecule has 0 spiro atoms. The third kappa shape index (κ3) is 2.10. The van der Waals surface area contributed by atoms with Crippen molar-refractivity contribution in [3.8, 4) is 0 Å². The minimum absolute atomic E-state index is 0.0317. The second kappa shape index (κ2) is 3.90. The Bertz CT molecular complexity index is 477. The summed E-state index contributed by atoms with van der Waals surface area (Å²) in [5.41, 5.74) is 1.32. The van der Waals surface area contributed by atoms with Gasteiger partial charge in [0.25, 0.3) is 5.91 Å². The van der Waals surface area contributed by atoms with E-state index in [-0.39, 0.29) is 11.7 Å². The summed E-state index contributed by atoms with van der Waals surface area (Å²) < 4.78 is 0.909. The number of rotatable bonds is 1. The molecule has 4 heteroatoms. The predicted octanol–water partition coefficient (Wildman–Crippen LogP) is 2.36. The van der Waals surface area contributed by atoms with Crippen LogP contribution in [0.1, 0.15) is 5.56 Å². The van der Waals surface area contributed by atoms with E-state index in [1.807, 2.05) is 24.3 Å². The van der Waals surface area contributed by atoms with Crippen molar-refractivity contribution in [2.75, 3.05) is 0 Å². The molecule has 0 saturated carbocycles. The predicted molar refractivity (Wildman–Crippen MR) is 61.0 cm³/mol. The van der Waals surface area contributed by atoms with Crippen LogP contribution in [0.5, 0.6) is 0 Å². The average Bonchev–Trinajstić information content (AvgIpc) is 2.49. The second-order valence-electron chi connectivity index (χ2n) is 3.10. The van der Waals surface area contributed by atoms with Gasteiger partial charge in [0.05, 0.1) is 5.70 Å². The van der Waals surface area contributed by atoms with Crippen molar-refractivity contribution in [1.29, 1.82) is 0 Å². The molecule has 1 aromatic rings. The quantitative estimate of drug-likeness (QED) is 0.819. The number of aliphatic hydroxyl groups is 1. The number of hydrogen-bond acceptors (Lipinski definition) is 2. The van der Waals surface area contributed by atoms with Crippen LogP contribution < -0.4 is 5.32 Å². The molecule has 0 aliphatic carbocycles. The van der Waals surface area contributed by atoms with Crippen LogP contribution in [-0.4, -0.2) is 11.0 Å². The number of benzene rings is 1. The van der Waals surface area contributed by atoms with E-state index in [1.54, 1.807) is 6.08 Å². The third-order valence-corrected chi connectivity index (χ3v) is 2.73. The first-order chi connectivity index (χ1) is 7.16. The number of hydrogen-bond donors (Lipinski definition) is 2. The van der Waals surface area contributed by atoms with Crippen LogP contribution >= 0.6 is 15.9 Å². The van der Waals surface area contributed by atoms with Gasteiger partial charge in [-0.25, -0.2) is 0 Å². The molecule has 2 rings (SSSR count). The number of aliphatic hydroxyl groups excluding tert-OH is 1. The fraction of sp³-hybridized carbons (Fsp3) is 0. The van der Waals surface area contributed by atoms with Crippen LogP contribution in [0, 0.1) is 0 Å². The highest BCUT2D eigenvalue weighted by Gasteiger charge is 2.16. The summed E-state index contributed by atoms with van der Waals surface area (Å²) in [6, 6.07) is 7.56. The molecule has 0 bridgehead atoms. The standard InChI is InChI=1S/C11H8BrNO2/c12-8-4-2-1-3-7(8)5-9-10(14)6-11(15)13-9/h1-6,14H,(H,13,15). The van der Waals surface area contributed by atoms with Gasteiger partial charge in [0, 0.05) is 10.5 Å². The molecule has 76 valence electrons. The van der Waals surface area contributed by atoms with Gasteiger partial charge in [-0.15, -0.1) is 0 Å². The zero-order valence-corrected chi connectivity index (χ0v) is 9.28. The van der Waals surface area contributed by atoms with E-state index in [0.717, 1.165) is 16.1 Å². The highest BCUT2D eigenvalue weighted by atomic mass is 79.9. The Morgan fingerprint density at radius 1 is 1.33 bits per heavy atom. The molecule has 1 aliphatic heterocycles. The Kier molecular flexibility index (Phi) is 2.60. The summed E-state index contributed by atoms with van der Waals surface area (Å²) >= 11 is 3.38. The SMILES string of the molecule is O=C1C=C(O)C(=Cc2ccccc2Br)N1. The number of amides is 1. The summed E-state index contributed by atoms with van der Waals surface area (Å²) in [5.74, 6) is -0.332. The minimum Gasteiger partial charge on any atom is -0.506 e. The molecule has 0 fully saturated rings. The number of carbonyl (C=O) groups is 1. The van der Waals surface area contributed by atoms with Gasteiger partial charge in [0.2, 0.25) is 0 Å². The first-order valence-electron chi connectivity index (χ1n) is 4.35. The topological polar surface area (TPSA) is 49.3 Å². The lowest BCUT2D eigenvalue weighted by molar-refractivity contribution is -0.115. The van der Waals surface area contributed by atoms with Gasteiger partial charge >= 0.3 is 0 Å². The zero-order chi connectivity index (χ0) is 10.8. The van der Waals surface area contributed by atoms with Crippen LogP contribution in [0.25, 0.3) is 6.08 Å². The fourth-order valence-corrected chi connectivity index (χ4v) is 1.69. The van der Waals surface area contributed by atoms with Crippen LogP contribution in [-0.2, 0) is 4.79 Å². The summed E-state index contributed by atoms with van der Waals surface area (Å²) in [7, 11) is 0. The maximum absolute atomic E-state index is 10.9. The lowest BCUT2D eigenvalue weighted by Crippen LogP contribution is -2.13. The molecule has 3 nitrogen and oxygen atoms in total. The van der Waals surface area contributed by atoms with Gasteiger partial charge in [0.1, 0.15) is 5.76 Å². The first kappa shape index (κ1) is 9.98. The smallest absolute Gasteiger partial charge is 0.252 e. The minimum atomic E-state index is -0.300. The summed E-state index contributed by atoms with van der Waals surface area (Å²) in [5, 5.41) is 11.9. The van der Waals surface area contributed by atoms with Crippen molar-refractivity contribution < 1.29 is 9.90 Å². The third-order valence-electron chi connectivity index (χ3n) is 2.01. The lowest BCUT2D eigenvalue weighted by Gasteiger charge is -2.01. The van der Waals surface area contributed by atoms with Gasteiger partial charge < -0.3 is 10.4 Å². The Labute approximate surface area is 95.2 Å². The normalized spacial score (nSPS) is 17.8. The van der Waals surface area contributed by atoms with Crippen LogP contribution in [0.3, 0.4) is 0 Å². The molecule has 1 heterocycles. The molecule has 2 N–H and O–H groups in total. The highest BCUT2D eigenvalue weighted by Crippen LogP contribution is 2.21. The zero-order valence-electron chi connectivity index (χ0n) is 7.70. The average molecular weight is 266 g/mol. The summed E-state index contributed by atoms with van der Waals surface area (Å²) in [4.78, 5) is 10.9. The lowest BCUT2D eigenvalue weighted by atomic mass is 10.2. The molecule has 0 radical (unpaired) electrons. The maximum Gasteiger partial charge on any atom is 0.252 e. The van der Waals surface area contributed by atoms with Gasteiger partial charge in [-0.3, -0.25) is 4.79 Å². The number of halogens is 1. The number of nitrogens with one attached hydrogen (secondary N) is 1. The van der Waals surface area contributed by atoms with Crippen LogP contribution in [0.2, 0.25) is 0 Å². The molecule has 0 unspecified atom stereocenters. The monoisotopic (exact) mass is 265 g/mol. The van der Waals surface area contributed by atoms with Crippen molar-refractivity contribution in [2.24, 2.45) is 0 Å². The molecular formula is C11H8BrNO2. The van der Waals surface area contributed by atoms with E-state index >= 15 is 0 Å². The molecule has 0 saturated heterocycles. The van der Waals surface area contributed by atoms with E-state index in [2.05, 4.69) is 21.2 Å². The molecule has 0 aromatic heterocycles. The maximum atomic E-state index is 10.9. The van der Waals surface area contributed by atoms with E-state index in [9.17, 15) is 9.90 Å². The molecule has 1 aliphatic rings. The molecule has 1 aromatic carbocycles. The van der Waals surface area contributed by atoms with E-state index < -0.39 is 0 Å². The van der Waals surface area contributed by atoms with Crippen molar-refractivity contribution in [3.05, 3.63) is 51.8 Å². The fourth-order valence-electron chi connectivity index (χ4n) is 1.29. The van der Waals surface area contributed by atoms with Crippen molar-refractivity contribution in [1.82, 2.24) is 5.32 Å². The molecular weight excluding hydrogens is 258 g/mol. The van der Waals surface area contributed by atoms with E-state index in [1.165, 1.54) is 0 Å². The first-order valence-corrected chi connectivity index (χ1v) is 5.14. The van der Waals surface area contributed by atoms with Gasteiger partial charge in [-0.05, 0) is 17.7 Å². The molecule has 1 amide bonds.